The molecule has 0 saturated heterocycles. The zero-order valence-electron chi connectivity index (χ0n) is 10.5. The fourth-order valence-electron chi connectivity index (χ4n) is 3.01. The molecule has 2 bridgehead atoms. The quantitative estimate of drug-likeness (QED) is 0.528. The highest BCUT2D eigenvalue weighted by atomic mass is 16.5. The van der Waals surface area contributed by atoms with Crippen molar-refractivity contribution >= 4 is 5.97 Å². The molecule has 0 heterocycles. The van der Waals surface area contributed by atoms with Gasteiger partial charge in [0, 0.05) is 11.5 Å². The lowest BCUT2D eigenvalue weighted by molar-refractivity contribution is -0.137. The third-order valence-electron chi connectivity index (χ3n) is 4.03. The van der Waals surface area contributed by atoms with Crippen molar-refractivity contribution in [3.05, 3.63) is 23.3 Å². The van der Waals surface area contributed by atoms with Gasteiger partial charge in [-0.1, -0.05) is 31.6 Å². The van der Waals surface area contributed by atoms with E-state index in [0.29, 0.717) is 17.8 Å². The molecule has 3 atom stereocenters. The van der Waals surface area contributed by atoms with Crippen molar-refractivity contribution in [3.63, 3.8) is 0 Å². The number of rotatable bonds is 2. The summed E-state index contributed by atoms with van der Waals surface area (Å²) in [4.78, 5) is 11.7. The molecule has 3 aliphatic carbocycles. The van der Waals surface area contributed by atoms with E-state index >= 15 is 0 Å². The maximum absolute atomic E-state index is 11.7. The fourth-order valence-corrected chi connectivity index (χ4v) is 3.01. The van der Waals surface area contributed by atoms with Crippen LogP contribution in [-0.2, 0) is 9.53 Å². The standard InChI is InChI=1S/C14H20O2/c1-8(2)11-6-10-7-13(14(15)16-4)12(11)5-9(10)3/h5,7-8,10-12H,6H2,1-4H3. The molecule has 2 heteroatoms. The number of esters is 1. The van der Waals surface area contributed by atoms with Gasteiger partial charge in [0.05, 0.1) is 7.11 Å². The molecule has 3 unspecified atom stereocenters. The van der Waals surface area contributed by atoms with Crippen LogP contribution in [0.4, 0.5) is 0 Å². The van der Waals surface area contributed by atoms with Crippen molar-refractivity contribution in [2.45, 2.75) is 27.2 Å². The third-order valence-corrected chi connectivity index (χ3v) is 4.03. The molecule has 88 valence electrons. The van der Waals surface area contributed by atoms with Crippen LogP contribution in [0.1, 0.15) is 27.2 Å². The van der Waals surface area contributed by atoms with Crippen LogP contribution >= 0.6 is 0 Å². The largest absolute Gasteiger partial charge is 0.466 e. The first-order valence-electron chi connectivity index (χ1n) is 6.03. The fraction of sp³-hybridized carbons (Fsp3) is 0.643. The van der Waals surface area contributed by atoms with E-state index in [1.54, 1.807) is 0 Å². The smallest absolute Gasteiger partial charge is 0.334 e. The van der Waals surface area contributed by atoms with Gasteiger partial charge in [0.25, 0.3) is 0 Å². The Hall–Kier alpha value is -1.05. The van der Waals surface area contributed by atoms with E-state index in [9.17, 15) is 4.79 Å². The highest BCUT2D eigenvalue weighted by Crippen LogP contribution is 2.46. The zero-order chi connectivity index (χ0) is 11.9. The molecular formula is C14H20O2. The molecule has 0 radical (unpaired) electrons. The van der Waals surface area contributed by atoms with E-state index < -0.39 is 0 Å². The topological polar surface area (TPSA) is 26.3 Å². The minimum atomic E-state index is -0.149. The summed E-state index contributed by atoms with van der Waals surface area (Å²) in [6, 6.07) is 0. The lowest BCUT2D eigenvalue weighted by Crippen LogP contribution is -2.35. The molecule has 16 heavy (non-hydrogen) atoms. The monoisotopic (exact) mass is 220 g/mol. The summed E-state index contributed by atoms with van der Waals surface area (Å²) in [6.07, 6.45) is 5.57. The van der Waals surface area contributed by atoms with Gasteiger partial charge in [0.15, 0.2) is 0 Å². The first-order valence-corrected chi connectivity index (χ1v) is 6.03. The normalized spacial score (nSPS) is 32.4. The van der Waals surface area contributed by atoms with Crippen molar-refractivity contribution in [2.75, 3.05) is 7.11 Å². The van der Waals surface area contributed by atoms with Crippen LogP contribution in [0.25, 0.3) is 0 Å². The molecule has 0 fully saturated rings. The molecule has 0 spiro atoms. The van der Waals surface area contributed by atoms with Crippen LogP contribution in [0.3, 0.4) is 0 Å². The van der Waals surface area contributed by atoms with Gasteiger partial charge < -0.3 is 4.74 Å². The van der Waals surface area contributed by atoms with Crippen molar-refractivity contribution in [2.24, 2.45) is 23.7 Å². The lowest BCUT2D eigenvalue weighted by Gasteiger charge is -2.41. The van der Waals surface area contributed by atoms with Gasteiger partial charge in [-0.25, -0.2) is 4.79 Å². The molecule has 0 aromatic heterocycles. The van der Waals surface area contributed by atoms with E-state index in [4.69, 9.17) is 4.74 Å². The molecule has 3 aliphatic rings. The molecule has 0 aromatic carbocycles. The minimum Gasteiger partial charge on any atom is -0.466 e. The third kappa shape index (κ3) is 1.70. The first kappa shape index (κ1) is 11.4. The van der Waals surface area contributed by atoms with Gasteiger partial charge in [-0.15, -0.1) is 0 Å². The predicted octanol–water partition coefficient (Wildman–Crippen LogP) is 2.95. The Kier molecular flexibility index (Phi) is 2.92. The van der Waals surface area contributed by atoms with Gasteiger partial charge in [-0.05, 0) is 31.1 Å². The molecule has 3 rings (SSSR count). The number of allylic oxidation sites excluding steroid dienone is 3. The van der Waals surface area contributed by atoms with E-state index in [-0.39, 0.29) is 11.9 Å². The highest BCUT2D eigenvalue weighted by molar-refractivity contribution is 5.90. The molecular weight excluding hydrogens is 200 g/mol. The van der Waals surface area contributed by atoms with E-state index in [1.807, 2.05) is 0 Å². The van der Waals surface area contributed by atoms with Crippen LogP contribution in [0.2, 0.25) is 0 Å². The number of ether oxygens (including phenoxy) is 1. The predicted molar refractivity (Wildman–Crippen MR) is 63.8 cm³/mol. The van der Waals surface area contributed by atoms with Crippen molar-refractivity contribution in [1.82, 2.24) is 0 Å². The Labute approximate surface area is 97.4 Å². The lowest BCUT2D eigenvalue weighted by atomic mass is 9.63. The number of hydrogen-bond acceptors (Lipinski definition) is 2. The Morgan fingerprint density at radius 2 is 2.12 bits per heavy atom. The molecule has 0 saturated carbocycles. The number of carbonyl (C=O) groups excluding carboxylic acids is 1. The number of hydrogen-bond donors (Lipinski definition) is 0. The number of methoxy groups -OCH3 is 1. The second-order valence-electron chi connectivity index (χ2n) is 5.30. The van der Waals surface area contributed by atoms with Crippen LogP contribution in [-0.4, -0.2) is 13.1 Å². The first-order chi connectivity index (χ1) is 7.54. The minimum absolute atomic E-state index is 0.149. The van der Waals surface area contributed by atoms with Crippen LogP contribution < -0.4 is 0 Å². The van der Waals surface area contributed by atoms with Crippen LogP contribution in [0.15, 0.2) is 23.3 Å². The number of carbonyl (C=O) groups is 1. The summed E-state index contributed by atoms with van der Waals surface area (Å²) < 4.78 is 4.87. The van der Waals surface area contributed by atoms with Gasteiger partial charge in [0.1, 0.15) is 0 Å². The number of fused-ring (bicyclic) bond motifs is 1. The summed E-state index contributed by atoms with van der Waals surface area (Å²) in [6.45, 7) is 6.64. The summed E-state index contributed by atoms with van der Waals surface area (Å²) in [5, 5.41) is 0. The average molecular weight is 220 g/mol. The summed E-state index contributed by atoms with van der Waals surface area (Å²) in [5.41, 5.74) is 2.29. The van der Waals surface area contributed by atoms with E-state index in [0.717, 1.165) is 5.57 Å². The molecule has 0 N–H and O–H groups in total. The summed E-state index contributed by atoms with van der Waals surface area (Å²) in [5.74, 6) is 1.78. The van der Waals surface area contributed by atoms with Gasteiger partial charge in [0.2, 0.25) is 0 Å². The average Bonchev–Trinajstić information content (AvgIpc) is 2.27. The maximum Gasteiger partial charge on any atom is 0.334 e. The molecule has 0 amide bonds. The summed E-state index contributed by atoms with van der Waals surface area (Å²) >= 11 is 0. The van der Waals surface area contributed by atoms with Crippen molar-refractivity contribution in [3.8, 4) is 0 Å². The van der Waals surface area contributed by atoms with Crippen molar-refractivity contribution < 1.29 is 9.53 Å². The SMILES string of the molecule is COC(=O)C1=CC2CC(C(C)C)C1C=C2C. The van der Waals surface area contributed by atoms with Gasteiger partial charge in [-0.2, -0.15) is 0 Å². The van der Waals surface area contributed by atoms with Crippen LogP contribution in [0, 0.1) is 23.7 Å². The Balaban J connectivity index is 2.32. The Morgan fingerprint density at radius 3 is 2.62 bits per heavy atom. The second kappa shape index (κ2) is 4.08. The molecule has 2 nitrogen and oxygen atoms in total. The molecule has 0 aliphatic heterocycles. The van der Waals surface area contributed by atoms with Gasteiger partial charge >= 0.3 is 5.97 Å². The van der Waals surface area contributed by atoms with Crippen molar-refractivity contribution in [1.29, 1.82) is 0 Å². The Morgan fingerprint density at radius 1 is 1.44 bits per heavy atom. The second-order valence-corrected chi connectivity index (χ2v) is 5.30. The van der Waals surface area contributed by atoms with E-state index in [1.165, 1.54) is 19.1 Å². The zero-order valence-corrected chi connectivity index (χ0v) is 10.5. The molecule has 0 aromatic rings. The highest BCUT2D eigenvalue weighted by Gasteiger charge is 2.39. The van der Waals surface area contributed by atoms with Gasteiger partial charge in [-0.3, -0.25) is 0 Å². The summed E-state index contributed by atoms with van der Waals surface area (Å²) in [7, 11) is 1.46. The van der Waals surface area contributed by atoms with Crippen LogP contribution in [0.5, 0.6) is 0 Å². The Bertz CT molecular complexity index is 363. The maximum atomic E-state index is 11.7. The van der Waals surface area contributed by atoms with E-state index in [2.05, 4.69) is 32.9 Å².